The largest absolute Gasteiger partial charge is 0.103 e. The first-order chi connectivity index (χ1) is 17.2. The second-order valence-corrected chi connectivity index (χ2v) is 12.2. The Bertz CT molecular complexity index is 935. The van der Waals surface area contributed by atoms with E-state index in [9.17, 15) is 0 Å². The van der Waals surface area contributed by atoms with E-state index in [1.54, 1.807) is 11.1 Å². The van der Waals surface area contributed by atoms with Crippen LogP contribution in [0.15, 0.2) is 55.1 Å². The summed E-state index contributed by atoms with van der Waals surface area (Å²) >= 11 is 0. The molecular weight excluding hydrogens is 420 g/mol. The van der Waals surface area contributed by atoms with Crippen LogP contribution in [0, 0.1) is 23.7 Å². The Labute approximate surface area is 215 Å². The zero-order chi connectivity index (χ0) is 24.0. The van der Waals surface area contributed by atoms with Gasteiger partial charge in [-0.15, -0.1) is 6.58 Å². The molecule has 0 aliphatic heterocycles. The van der Waals surface area contributed by atoms with Crippen molar-refractivity contribution in [1.82, 2.24) is 0 Å². The average molecular weight is 469 g/mol. The molecule has 0 radical (unpaired) electrons. The van der Waals surface area contributed by atoms with E-state index in [2.05, 4.69) is 62.0 Å². The van der Waals surface area contributed by atoms with Crippen LogP contribution in [-0.2, 0) is 12.8 Å². The van der Waals surface area contributed by atoms with Gasteiger partial charge in [-0.1, -0.05) is 94.0 Å². The van der Waals surface area contributed by atoms with Crippen molar-refractivity contribution in [2.24, 2.45) is 23.7 Å². The number of aryl methyl sites for hydroxylation is 1. The lowest BCUT2D eigenvalue weighted by Gasteiger charge is -2.36. The van der Waals surface area contributed by atoms with E-state index in [0.717, 1.165) is 29.6 Å². The van der Waals surface area contributed by atoms with Crippen LogP contribution in [0.4, 0.5) is 0 Å². The summed E-state index contributed by atoms with van der Waals surface area (Å²) in [5.74, 6) is 4.43. The van der Waals surface area contributed by atoms with Crippen LogP contribution < -0.4 is 0 Å². The molecule has 0 N–H and O–H groups in total. The highest BCUT2D eigenvalue weighted by atomic mass is 14.4. The van der Waals surface area contributed by atoms with Gasteiger partial charge < -0.3 is 0 Å². The van der Waals surface area contributed by atoms with Crippen LogP contribution in [0.3, 0.4) is 0 Å². The summed E-state index contributed by atoms with van der Waals surface area (Å²) in [5, 5.41) is 0. The van der Waals surface area contributed by atoms with E-state index >= 15 is 0 Å². The van der Waals surface area contributed by atoms with E-state index in [1.165, 1.54) is 113 Å². The molecule has 35 heavy (non-hydrogen) atoms. The van der Waals surface area contributed by atoms with Crippen LogP contribution in [0.2, 0.25) is 0 Å². The molecular formula is C35H48. The van der Waals surface area contributed by atoms with Gasteiger partial charge in [0.05, 0.1) is 0 Å². The van der Waals surface area contributed by atoms with Crippen LogP contribution in [-0.4, -0.2) is 0 Å². The average Bonchev–Trinajstić information content (AvgIpc) is 2.93. The van der Waals surface area contributed by atoms with Gasteiger partial charge in [-0.05, 0) is 115 Å². The number of allylic oxidation sites excluding steroid dienone is 1. The Morgan fingerprint density at radius 3 is 2.20 bits per heavy atom. The molecule has 0 nitrogen and oxygen atoms in total. The topological polar surface area (TPSA) is 0 Å². The first kappa shape index (κ1) is 24.9. The first-order valence-electron chi connectivity index (χ1n) is 15.1. The maximum atomic E-state index is 4.00. The van der Waals surface area contributed by atoms with Gasteiger partial charge in [0.2, 0.25) is 0 Å². The predicted octanol–water partition coefficient (Wildman–Crippen LogP) is 10.3. The van der Waals surface area contributed by atoms with Crippen molar-refractivity contribution >= 4 is 0 Å². The van der Waals surface area contributed by atoms with E-state index in [1.807, 2.05) is 0 Å². The summed E-state index contributed by atoms with van der Waals surface area (Å²) in [6.45, 7) is 6.33. The molecule has 2 saturated carbocycles. The van der Waals surface area contributed by atoms with Gasteiger partial charge in [0.25, 0.3) is 0 Å². The minimum absolute atomic E-state index is 0.742. The third kappa shape index (κ3) is 6.12. The van der Waals surface area contributed by atoms with Crippen molar-refractivity contribution in [2.75, 3.05) is 0 Å². The van der Waals surface area contributed by atoms with Gasteiger partial charge in [-0.3, -0.25) is 0 Å². The normalized spacial score (nSPS) is 28.9. The number of rotatable bonds is 8. The Morgan fingerprint density at radius 1 is 0.743 bits per heavy atom. The van der Waals surface area contributed by atoms with Crippen molar-refractivity contribution in [3.8, 4) is 11.1 Å². The molecule has 1 unspecified atom stereocenters. The second-order valence-electron chi connectivity index (χ2n) is 12.2. The summed E-state index contributed by atoms with van der Waals surface area (Å²) in [6, 6.07) is 16.9. The molecule has 0 spiro atoms. The molecule has 0 aromatic heterocycles. The zero-order valence-electron chi connectivity index (χ0n) is 22.3. The zero-order valence-corrected chi connectivity index (χ0v) is 22.3. The van der Waals surface area contributed by atoms with Gasteiger partial charge in [-0.2, -0.15) is 0 Å². The van der Waals surface area contributed by atoms with Crippen LogP contribution in [0.1, 0.15) is 113 Å². The van der Waals surface area contributed by atoms with Gasteiger partial charge in [0.1, 0.15) is 0 Å². The standard InChI is InChI=1S/C35H48/c1-3-5-6-7-27-10-14-30(15-11-27)32-20-22-35-25-33(21-23-34(35)24-32)31-18-16-29(17-19-31)28-12-8-26(4-2)9-13-28/h4,16-19,21,23,25-28,30,32H,2-3,5-15,20,22,24H2,1H3. The quantitative estimate of drug-likeness (QED) is 0.267. The predicted molar refractivity (Wildman–Crippen MR) is 152 cm³/mol. The Kier molecular flexibility index (Phi) is 8.48. The summed E-state index contributed by atoms with van der Waals surface area (Å²) in [4.78, 5) is 0. The summed E-state index contributed by atoms with van der Waals surface area (Å²) in [5.41, 5.74) is 7.61. The molecule has 0 bridgehead atoms. The van der Waals surface area contributed by atoms with Gasteiger partial charge in [-0.25, -0.2) is 0 Å². The van der Waals surface area contributed by atoms with E-state index in [-0.39, 0.29) is 0 Å². The highest BCUT2D eigenvalue weighted by Crippen LogP contribution is 2.42. The van der Waals surface area contributed by atoms with Crippen LogP contribution in [0.5, 0.6) is 0 Å². The lowest BCUT2D eigenvalue weighted by atomic mass is 9.69. The first-order valence-corrected chi connectivity index (χ1v) is 15.1. The van der Waals surface area contributed by atoms with Gasteiger partial charge in [0, 0.05) is 0 Å². The number of benzene rings is 2. The van der Waals surface area contributed by atoms with E-state index in [0.29, 0.717) is 0 Å². The molecule has 0 saturated heterocycles. The van der Waals surface area contributed by atoms with Crippen molar-refractivity contribution in [1.29, 1.82) is 0 Å². The summed E-state index contributed by atoms with van der Waals surface area (Å²) in [7, 11) is 0. The Morgan fingerprint density at radius 2 is 1.49 bits per heavy atom. The van der Waals surface area contributed by atoms with Crippen LogP contribution in [0.25, 0.3) is 11.1 Å². The highest BCUT2D eigenvalue weighted by molar-refractivity contribution is 5.65. The third-order valence-electron chi connectivity index (χ3n) is 10.1. The number of hydrogen-bond acceptors (Lipinski definition) is 0. The number of hydrogen-bond donors (Lipinski definition) is 0. The maximum Gasteiger partial charge on any atom is -0.0162 e. The molecule has 1 atom stereocenters. The Hall–Kier alpha value is -1.82. The molecule has 3 aliphatic rings. The van der Waals surface area contributed by atoms with Crippen LogP contribution >= 0.6 is 0 Å². The molecule has 2 aromatic rings. The molecule has 3 aliphatic carbocycles. The highest BCUT2D eigenvalue weighted by Gasteiger charge is 2.30. The van der Waals surface area contributed by atoms with E-state index in [4.69, 9.17) is 0 Å². The van der Waals surface area contributed by atoms with E-state index < -0.39 is 0 Å². The third-order valence-corrected chi connectivity index (χ3v) is 10.1. The van der Waals surface area contributed by atoms with Crippen molar-refractivity contribution < 1.29 is 0 Å². The molecule has 5 rings (SSSR count). The molecule has 2 fully saturated rings. The summed E-state index contributed by atoms with van der Waals surface area (Å²) < 4.78 is 0. The fourth-order valence-corrected chi connectivity index (χ4v) is 7.63. The molecule has 188 valence electrons. The monoisotopic (exact) mass is 468 g/mol. The van der Waals surface area contributed by atoms with Crippen molar-refractivity contribution in [3.63, 3.8) is 0 Å². The van der Waals surface area contributed by atoms with Crippen molar-refractivity contribution in [2.45, 2.75) is 109 Å². The smallest absolute Gasteiger partial charge is 0.0162 e. The fraction of sp³-hybridized carbons (Fsp3) is 0.600. The number of fused-ring (bicyclic) bond motifs is 1. The van der Waals surface area contributed by atoms with Crippen molar-refractivity contribution in [3.05, 3.63) is 71.8 Å². The SMILES string of the molecule is C=CC1CCC(c2ccc(-c3ccc4c(c3)CCC(C3CCC(CCCCC)CC3)C4)cc2)CC1. The maximum absolute atomic E-state index is 4.00. The number of unbranched alkanes of at least 4 members (excludes halogenated alkanes) is 2. The Balaban J connectivity index is 1.16. The second kappa shape index (κ2) is 11.9. The molecule has 0 amide bonds. The lowest BCUT2D eigenvalue weighted by Crippen LogP contribution is -2.26. The lowest BCUT2D eigenvalue weighted by molar-refractivity contribution is 0.183. The minimum atomic E-state index is 0.742. The molecule has 0 heterocycles. The fourth-order valence-electron chi connectivity index (χ4n) is 7.63. The van der Waals surface area contributed by atoms with Gasteiger partial charge >= 0.3 is 0 Å². The molecule has 2 aromatic carbocycles. The summed E-state index contributed by atoms with van der Waals surface area (Å²) in [6.07, 6.45) is 23.2. The molecule has 0 heteroatoms. The minimum Gasteiger partial charge on any atom is -0.103 e. The van der Waals surface area contributed by atoms with Gasteiger partial charge in [0.15, 0.2) is 0 Å².